The number of amides is 1. The maximum Gasteiger partial charge on any atom is 0.307 e. The van der Waals surface area contributed by atoms with Gasteiger partial charge >= 0.3 is 5.97 Å². The second-order valence-corrected chi connectivity index (χ2v) is 9.88. The van der Waals surface area contributed by atoms with E-state index in [0.717, 1.165) is 35.5 Å². The molecule has 4 rings (SSSR count). The van der Waals surface area contributed by atoms with Crippen LogP contribution in [0.25, 0.3) is 0 Å². The summed E-state index contributed by atoms with van der Waals surface area (Å²) in [5.74, 6) is 1.08. The molecule has 33 heavy (non-hydrogen) atoms. The minimum Gasteiger partial charge on any atom is -0.492 e. The van der Waals surface area contributed by atoms with Gasteiger partial charge in [-0.1, -0.05) is 13.0 Å². The summed E-state index contributed by atoms with van der Waals surface area (Å²) >= 11 is 0. The summed E-state index contributed by atoms with van der Waals surface area (Å²) in [7, 11) is 0. The first-order valence-electron chi connectivity index (χ1n) is 11.4. The summed E-state index contributed by atoms with van der Waals surface area (Å²) in [6.07, 6.45) is 5.63. The number of aromatic nitrogens is 2. The van der Waals surface area contributed by atoms with Crippen LogP contribution in [0.2, 0.25) is 0 Å². The van der Waals surface area contributed by atoms with Crippen molar-refractivity contribution in [1.29, 1.82) is 0 Å². The quantitative estimate of drug-likeness (QED) is 0.607. The van der Waals surface area contributed by atoms with Crippen molar-refractivity contribution >= 4 is 17.7 Å². The van der Waals surface area contributed by atoms with Gasteiger partial charge in [0, 0.05) is 16.9 Å². The Labute approximate surface area is 194 Å². The van der Waals surface area contributed by atoms with E-state index in [-0.39, 0.29) is 17.7 Å². The molecule has 0 saturated heterocycles. The van der Waals surface area contributed by atoms with E-state index >= 15 is 0 Å². The van der Waals surface area contributed by atoms with Crippen molar-refractivity contribution in [3.05, 3.63) is 35.7 Å². The van der Waals surface area contributed by atoms with Gasteiger partial charge in [-0.2, -0.15) is 0 Å². The molecule has 176 valence electrons. The molecule has 8 heteroatoms. The first kappa shape index (κ1) is 23.0. The summed E-state index contributed by atoms with van der Waals surface area (Å²) in [4.78, 5) is 33.3. The van der Waals surface area contributed by atoms with E-state index in [0.29, 0.717) is 24.7 Å². The predicted octanol–water partition coefficient (Wildman–Crippen LogP) is 4.70. The van der Waals surface area contributed by atoms with Gasteiger partial charge in [-0.25, -0.2) is 9.97 Å². The van der Waals surface area contributed by atoms with Crippen LogP contribution >= 0.6 is 0 Å². The zero-order chi connectivity index (χ0) is 23.8. The average molecular weight is 454 g/mol. The van der Waals surface area contributed by atoms with Crippen LogP contribution in [0, 0.1) is 12.8 Å². The number of nitrogens with zero attached hydrogens (tertiary/aromatic N) is 2. The van der Waals surface area contributed by atoms with Crippen LogP contribution in [0.15, 0.2) is 24.5 Å². The standard InChI is InChI=1S/C25H31N3O5/c1-6-16(11-20(29)33-24(3,4)5)23(30)28-18-12-27-19(13-26-18)32-17-8-7-15(2)22-21(17)25(9-10-25)14-31-22/h7-8,12-13,16H,6,9-11,14H2,1-5H3,(H,26,28,30)/t16-/m0/s1. The minimum absolute atomic E-state index is 0.0105. The number of hydrogen-bond donors (Lipinski definition) is 1. The molecule has 0 unspecified atom stereocenters. The Morgan fingerprint density at radius 1 is 1.21 bits per heavy atom. The maximum absolute atomic E-state index is 12.6. The van der Waals surface area contributed by atoms with Crippen molar-refractivity contribution in [2.75, 3.05) is 11.9 Å². The Kier molecular flexibility index (Phi) is 6.03. The van der Waals surface area contributed by atoms with Gasteiger partial charge in [0.15, 0.2) is 5.82 Å². The van der Waals surface area contributed by atoms with Gasteiger partial charge in [0.1, 0.15) is 17.1 Å². The van der Waals surface area contributed by atoms with Crippen LogP contribution in [0.1, 0.15) is 64.5 Å². The van der Waals surface area contributed by atoms with Crippen molar-refractivity contribution in [3.8, 4) is 17.4 Å². The molecule has 1 spiro atoms. The molecular weight excluding hydrogens is 422 g/mol. The van der Waals surface area contributed by atoms with Crippen molar-refractivity contribution in [3.63, 3.8) is 0 Å². The topological polar surface area (TPSA) is 99.6 Å². The molecule has 2 aromatic rings. The Morgan fingerprint density at radius 2 is 1.97 bits per heavy atom. The van der Waals surface area contributed by atoms with Crippen molar-refractivity contribution in [2.45, 2.75) is 71.3 Å². The number of anilines is 1. The normalized spacial score (nSPS) is 16.5. The van der Waals surface area contributed by atoms with Gasteiger partial charge in [-0.15, -0.1) is 0 Å². The third-order valence-corrected chi connectivity index (χ3v) is 5.98. The number of hydrogen-bond acceptors (Lipinski definition) is 7. The number of carbonyl (C=O) groups excluding carboxylic acids is 2. The molecule has 1 saturated carbocycles. The Morgan fingerprint density at radius 3 is 2.58 bits per heavy atom. The number of nitrogens with one attached hydrogen (secondary N) is 1. The molecule has 2 heterocycles. The smallest absolute Gasteiger partial charge is 0.307 e. The molecule has 0 bridgehead atoms. The Balaban J connectivity index is 1.40. The van der Waals surface area contributed by atoms with Crippen molar-refractivity contribution in [2.24, 2.45) is 5.92 Å². The van der Waals surface area contributed by atoms with Crippen LogP contribution in [-0.4, -0.2) is 34.1 Å². The molecule has 8 nitrogen and oxygen atoms in total. The van der Waals surface area contributed by atoms with E-state index < -0.39 is 17.5 Å². The predicted molar refractivity (Wildman–Crippen MR) is 123 cm³/mol. The summed E-state index contributed by atoms with van der Waals surface area (Å²) in [6.45, 7) is 9.98. The summed E-state index contributed by atoms with van der Waals surface area (Å²) in [5.41, 5.74) is 1.70. The van der Waals surface area contributed by atoms with E-state index in [1.807, 2.05) is 26.0 Å². The highest BCUT2D eigenvalue weighted by Crippen LogP contribution is 2.59. The van der Waals surface area contributed by atoms with Crippen molar-refractivity contribution in [1.82, 2.24) is 9.97 Å². The molecule has 1 fully saturated rings. The number of benzene rings is 1. The van der Waals surface area contributed by atoms with Crippen LogP contribution in [-0.2, 0) is 19.7 Å². The summed E-state index contributed by atoms with van der Waals surface area (Å²) in [6, 6.07) is 3.93. The lowest BCUT2D eigenvalue weighted by atomic mass is 9.95. The van der Waals surface area contributed by atoms with Gasteiger partial charge in [-0.05, 0) is 58.6 Å². The fourth-order valence-electron chi connectivity index (χ4n) is 4.05. The third-order valence-electron chi connectivity index (χ3n) is 5.98. The lowest BCUT2D eigenvalue weighted by Crippen LogP contribution is -2.29. The van der Waals surface area contributed by atoms with Gasteiger partial charge in [0.25, 0.3) is 0 Å². The Bertz CT molecular complexity index is 1050. The second-order valence-electron chi connectivity index (χ2n) is 9.88. The number of fused-ring (bicyclic) bond motifs is 2. The highest BCUT2D eigenvalue weighted by molar-refractivity contribution is 5.93. The third kappa shape index (κ3) is 5.10. The molecule has 0 radical (unpaired) electrons. The average Bonchev–Trinajstić information content (AvgIpc) is 3.42. The number of esters is 1. The van der Waals surface area contributed by atoms with Gasteiger partial charge < -0.3 is 19.5 Å². The van der Waals surface area contributed by atoms with Crippen LogP contribution in [0.5, 0.6) is 17.4 Å². The lowest BCUT2D eigenvalue weighted by Gasteiger charge is -2.21. The molecule has 1 aliphatic heterocycles. The largest absolute Gasteiger partial charge is 0.492 e. The monoisotopic (exact) mass is 453 g/mol. The van der Waals surface area contributed by atoms with Crippen LogP contribution in [0.3, 0.4) is 0 Å². The summed E-state index contributed by atoms with van der Waals surface area (Å²) in [5, 5.41) is 2.73. The molecule has 1 N–H and O–H groups in total. The van der Waals surface area contributed by atoms with E-state index in [9.17, 15) is 9.59 Å². The molecule has 1 aliphatic carbocycles. The lowest BCUT2D eigenvalue weighted by molar-refractivity contribution is -0.157. The number of rotatable bonds is 7. The van der Waals surface area contributed by atoms with E-state index in [4.69, 9.17) is 14.2 Å². The van der Waals surface area contributed by atoms with Crippen molar-refractivity contribution < 1.29 is 23.8 Å². The zero-order valence-corrected chi connectivity index (χ0v) is 19.9. The Hall–Kier alpha value is -3.16. The number of ether oxygens (including phenoxy) is 3. The van der Waals surface area contributed by atoms with E-state index in [1.165, 1.54) is 12.4 Å². The first-order chi connectivity index (χ1) is 15.6. The molecule has 2 aliphatic rings. The molecule has 1 aromatic heterocycles. The molecule has 1 aromatic carbocycles. The minimum atomic E-state index is -0.587. The fraction of sp³-hybridized carbons (Fsp3) is 0.520. The van der Waals surface area contributed by atoms with Crippen LogP contribution < -0.4 is 14.8 Å². The van der Waals surface area contributed by atoms with Gasteiger partial charge in [-0.3, -0.25) is 9.59 Å². The van der Waals surface area contributed by atoms with Gasteiger partial charge in [0.2, 0.25) is 11.8 Å². The van der Waals surface area contributed by atoms with E-state index in [2.05, 4.69) is 15.3 Å². The second kappa shape index (κ2) is 8.65. The number of aryl methyl sites for hydroxylation is 1. The highest BCUT2D eigenvalue weighted by atomic mass is 16.6. The maximum atomic E-state index is 12.6. The van der Waals surface area contributed by atoms with E-state index in [1.54, 1.807) is 20.8 Å². The zero-order valence-electron chi connectivity index (χ0n) is 19.9. The SMILES string of the molecule is CC[C@@H](CC(=O)OC(C)(C)C)C(=O)Nc1cnc(Oc2ccc(C)c3c2C2(CC2)CO3)cn1. The molecular formula is C25H31N3O5. The fourth-order valence-corrected chi connectivity index (χ4v) is 4.05. The molecule has 1 atom stereocenters. The summed E-state index contributed by atoms with van der Waals surface area (Å²) < 4.78 is 17.3. The van der Waals surface area contributed by atoms with Crippen LogP contribution in [0.4, 0.5) is 5.82 Å². The first-order valence-corrected chi connectivity index (χ1v) is 11.4. The number of carbonyl (C=O) groups is 2. The molecule has 1 amide bonds. The highest BCUT2D eigenvalue weighted by Gasteiger charge is 2.53. The van der Waals surface area contributed by atoms with Gasteiger partial charge in [0.05, 0.1) is 25.4 Å².